The molecule has 3 aromatic carbocycles. The average Bonchev–Trinajstić information content (AvgIpc) is 3.38. The Hall–Kier alpha value is -3.57. The van der Waals surface area contributed by atoms with E-state index in [-0.39, 0.29) is 11.1 Å². The smallest absolute Gasteiger partial charge is 0.290 e. The quantitative estimate of drug-likeness (QED) is 0.420. The highest BCUT2D eigenvalue weighted by Crippen LogP contribution is 2.38. The summed E-state index contributed by atoms with van der Waals surface area (Å²) in [5.41, 5.74) is 6.16. The number of amides is 2. The molecule has 2 N–H and O–H groups in total. The molecular weight excluding hydrogens is 392 g/mol. The number of carbonyl (C=O) groups is 2. The Kier molecular flexibility index (Phi) is 4.73. The maximum atomic E-state index is 12.6. The van der Waals surface area contributed by atoms with Crippen molar-refractivity contribution in [3.8, 4) is 11.1 Å². The number of thioether (sulfide) groups is 1. The number of aromatic nitrogens is 1. The van der Waals surface area contributed by atoms with E-state index in [0.29, 0.717) is 11.3 Å². The highest BCUT2D eigenvalue weighted by Gasteiger charge is 2.30. The first-order valence-corrected chi connectivity index (χ1v) is 10.5. The summed E-state index contributed by atoms with van der Waals surface area (Å²) in [4.78, 5) is 28.2. The third-order valence-electron chi connectivity index (χ3n) is 5.28. The zero-order valence-corrected chi connectivity index (χ0v) is 16.8. The van der Waals surface area contributed by atoms with Gasteiger partial charge in [-0.1, -0.05) is 66.7 Å². The van der Waals surface area contributed by atoms with Crippen LogP contribution in [0.2, 0.25) is 0 Å². The van der Waals surface area contributed by atoms with Gasteiger partial charge in [0.2, 0.25) is 0 Å². The Labute approximate surface area is 178 Å². The van der Waals surface area contributed by atoms with E-state index >= 15 is 0 Å². The summed E-state index contributed by atoms with van der Waals surface area (Å²) >= 11 is 0.979. The molecule has 0 radical (unpaired) electrons. The van der Waals surface area contributed by atoms with Gasteiger partial charge < -0.3 is 4.98 Å². The summed E-state index contributed by atoms with van der Waals surface area (Å²) in [5, 5.41) is 3.11. The van der Waals surface area contributed by atoms with Crippen LogP contribution in [0.5, 0.6) is 0 Å². The minimum atomic E-state index is -0.329. The van der Waals surface area contributed by atoms with Crippen molar-refractivity contribution < 1.29 is 9.59 Å². The van der Waals surface area contributed by atoms with Gasteiger partial charge in [-0.15, -0.1) is 0 Å². The monoisotopic (exact) mass is 410 g/mol. The Morgan fingerprint density at radius 1 is 0.833 bits per heavy atom. The van der Waals surface area contributed by atoms with Crippen LogP contribution < -0.4 is 5.32 Å². The third-order valence-corrected chi connectivity index (χ3v) is 6.20. The molecule has 5 heteroatoms. The number of aromatic amines is 1. The number of nitrogens with one attached hydrogen (secondary N) is 2. The van der Waals surface area contributed by atoms with E-state index in [0.717, 1.165) is 50.5 Å². The molecule has 2 amide bonds. The van der Waals surface area contributed by atoms with Crippen LogP contribution >= 0.6 is 11.8 Å². The molecule has 0 atom stereocenters. The average molecular weight is 410 g/mol. The number of imide groups is 1. The van der Waals surface area contributed by atoms with Crippen molar-refractivity contribution in [2.45, 2.75) is 6.42 Å². The molecule has 4 nitrogen and oxygen atoms in total. The predicted octanol–water partition coefficient (Wildman–Crippen LogP) is 5.77. The lowest BCUT2D eigenvalue weighted by atomic mass is 9.90. The van der Waals surface area contributed by atoms with E-state index in [1.165, 1.54) is 0 Å². The summed E-state index contributed by atoms with van der Waals surface area (Å²) < 4.78 is 0. The van der Waals surface area contributed by atoms with Crippen LogP contribution in [0.25, 0.3) is 27.6 Å². The van der Waals surface area contributed by atoms with Crippen LogP contribution in [-0.4, -0.2) is 16.1 Å². The fraction of sp³-hybridized carbons (Fsp3) is 0.0400. The second-order valence-corrected chi connectivity index (χ2v) is 8.08. The second-order valence-electron chi connectivity index (χ2n) is 7.10. The highest BCUT2D eigenvalue weighted by molar-refractivity contribution is 8.18. The number of rotatable bonds is 4. The maximum absolute atomic E-state index is 12.6. The highest BCUT2D eigenvalue weighted by atomic mass is 32.2. The standard InChI is InChI=1S/C25H18N2O2S/c28-24-23(30-25(29)27-24)21(19-11-6-12-22-20(19)13-14-26-22)15-17-9-4-5-10-18(17)16-7-2-1-3-8-16/h1-14,26H,15H2,(H,27,28,29). The van der Waals surface area contributed by atoms with E-state index in [2.05, 4.69) is 34.6 Å². The first kappa shape index (κ1) is 18.5. The van der Waals surface area contributed by atoms with Crippen LogP contribution in [0.1, 0.15) is 11.1 Å². The van der Waals surface area contributed by atoms with Crippen LogP contribution in [0.3, 0.4) is 0 Å². The molecule has 1 fully saturated rings. The zero-order chi connectivity index (χ0) is 20.5. The van der Waals surface area contributed by atoms with Gasteiger partial charge in [0.1, 0.15) is 0 Å². The summed E-state index contributed by atoms with van der Waals surface area (Å²) in [7, 11) is 0. The lowest BCUT2D eigenvalue weighted by Crippen LogP contribution is -2.18. The first-order chi connectivity index (χ1) is 14.7. The molecule has 146 valence electrons. The molecule has 5 rings (SSSR count). The van der Waals surface area contributed by atoms with Crippen LogP contribution in [0, 0.1) is 0 Å². The molecule has 1 aliphatic rings. The molecule has 0 aliphatic carbocycles. The van der Waals surface area contributed by atoms with Crippen molar-refractivity contribution in [3.63, 3.8) is 0 Å². The molecule has 1 aromatic heterocycles. The van der Waals surface area contributed by atoms with Crippen molar-refractivity contribution in [2.75, 3.05) is 0 Å². The lowest BCUT2D eigenvalue weighted by molar-refractivity contribution is -0.115. The molecule has 0 saturated carbocycles. The summed E-state index contributed by atoms with van der Waals surface area (Å²) in [6, 6.07) is 26.4. The Bertz CT molecular complexity index is 1300. The van der Waals surface area contributed by atoms with E-state index < -0.39 is 0 Å². The van der Waals surface area contributed by atoms with Gasteiger partial charge in [-0.2, -0.15) is 0 Å². The fourth-order valence-electron chi connectivity index (χ4n) is 3.92. The summed E-state index contributed by atoms with van der Waals surface area (Å²) in [6.07, 6.45) is 2.43. The van der Waals surface area contributed by atoms with E-state index in [1.54, 1.807) is 0 Å². The van der Waals surface area contributed by atoms with Gasteiger partial charge in [0.05, 0.1) is 4.91 Å². The largest absolute Gasteiger partial charge is 0.361 e. The third kappa shape index (κ3) is 3.33. The molecule has 1 saturated heterocycles. The molecule has 4 aromatic rings. The van der Waals surface area contributed by atoms with Gasteiger partial charge in [0, 0.05) is 17.1 Å². The molecule has 0 spiro atoms. The fourth-order valence-corrected chi connectivity index (χ4v) is 4.70. The van der Waals surface area contributed by atoms with E-state index in [1.807, 2.05) is 60.8 Å². The zero-order valence-electron chi connectivity index (χ0n) is 16.0. The Morgan fingerprint density at radius 2 is 1.63 bits per heavy atom. The number of hydrogen-bond acceptors (Lipinski definition) is 3. The summed E-state index contributed by atoms with van der Waals surface area (Å²) in [6.45, 7) is 0. The number of benzene rings is 3. The van der Waals surface area contributed by atoms with Gasteiger partial charge in [-0.3, -0.25) is 14.9 Å². The first-order valence-electron chi connectivity index (χ1n) is 9.67. The molecule has 0 unspecified atom stereocenters. The minimum absolute atomic E-state index is 0.329. The number of fused-ring (bicyclic) bond motifs is 1. The van der Waals surface area contributed by atoms with E-state index in [9.17, 15) is 9.59 Å². The van der Waals surface area contributed by atoms with E-state index in [4.69, 9.17) is 0 Å². The molecule has 30 heavy (non-hydrogen) atoms. The van der Waals surface area contributed by atoms with Crippen LogP contribution in [0.15, 0.2) is 90.0 Å². The molecular formula is C25H18N2O2S. The van der Waals surface area contributed by atoms with Gasteiger partial charge in [0.25, 0.3) is 11.1 Å². The SMILES string of the molecule is O=C1NC(=O)C(=C(Cc2ccccc2-c2ccccc2)c2cccc3[nH]ccc23)S1. The molecule has 1 aliphatic heterocycles. The topological polar surface area (TPSA) is 62.0 Å². The number of H-pyrrole nitrogens is 1. The van der Waals surface area contributed by atoms with Crippen molar-refractivity contribution in [3.05, 3.63) is 101 Å². The van der Waals surface area contributed by atoms with Crippen LogP contribution in [0.4, 0.5) is 4.79 Å². The molecule has 0 bridgehead atoms. The number of carbonyl (C=O) groups excluding carboxylic acids is 2. The van der Waals surface area contributed by atoms with Gasteiger partial charge in [-0.05, 0) is 58.1 Å². The second kappa shape index (κ2) is 7.69. The van der Waals surface area contributed by atoms with Gasteiger partial charge >= 0.3 is 0 Å². The maximum Gasteiger partial charge on any atom is 0.290 e. The lowest BCUT2D eigenvalue weighted by Gasteiger charge is -2.15. The van der Waals surface area contributed by atoms with Crippen LogP contribution in [-0.2, 0) is 11.2 Å². The Morgan fingerprint density at radius 3 is 2.43 bits per heavy atom. The van der Waals surface area contributed by atoms with Crippen molar-refractivity contribution in [1.29, 1.82) is 0 Å². The number of hydrogen-bond donors (Lipinski definition) is 2. The van der Waals surface area contributed by atoms with Crippen molar-refractivity contribution in [1.82, 2.24) is 10.3 Å². The van der Waals surface area contributed by atoms with Crippen molar-refractivity contribution in [2.24, 2.45) is 0 Å². The van der Waals surface area contributed by atoms with Crippen molar-refractivity contribution >= 4 is 39.4 Å². The Balaban J connectivity index is 1.69. The van der Waals surface area contributed by atoms with Gasteiger partial charge in [0.15, 0.2) is 0 Å². The predicted molar refractivity (Wildman–Crippen MR) is 122 cm³/mol. The molecule has 2 heterocycles. The normalized spacial score (nSPS) is 15.5. The summed E-state index contributed by atoms with van der Waals surface area (Å²) in [5.74, 6) is -0.329. The van der Waals surface area contributed by atoms with Gasteiger partial charge in [-0.25, -0.2) is 0 Å². The minimum Gasteiger partial charge on any atom is -0.361 e. The number of allylic oxidation sites excluding steroid dienone is 1.